The SMILES string of the molecule is COc1cccc2cc(C(=O)C3=C(O)C(=O)N(c4ccc(F)cc4)C3c3ccc(Cl)cc3)oc12. The molecule has 0 spiro atoms. The molecule has 2 heterocycles. The summed E-state index contributed by atoms with van der Waals surface area (Å²) in [6.45, 7) is 0. The number of ketones is 1. The Hall–Kier alpha value is -4.10. The maximum absolute atomic E-state index is 13.6. The van der Waals surface area contributed by atoms with Gasteiger partial charge in [0.05, 0.1) is 18.7 Å². The van der Waals surface area contributed by atoms with Gasteiger partial charge in [0.15, 0.2) is 22.9 Å². The molecule has 8 heteroatoms. The summed E-state index contributed by atoms with van der Waals surface area (Å²) in [6, 6.07) is 17.5. The second-order valence-corrected chi connectivity index (χ2v) is 8.12. The average molecular weight is 478 g/mol. The Balaban J connectivity index is 1.66. The first kappa shape index (κ1) is 21.7. The zero-order chi connectivity index (χ0) is 24.0. The Morgan fingerprint density at radius 1 is 1.09 bits per heavy atom. The van der Waals surface area contributed by atoms with Crippen molar-refractivity contribution in [3.8, 4) is 5.75 Å². The molecule has 1 aliphatic heterocycles. The molecule has 3 aromatic carbocycles. The van der Waals surface area contributed by atoms with Gasteiger partial charge in [0, 0.05) is 16.1 Å². The lowest BCUT2D eigenvalue weighted by atomic mass is 9.94. The zero-order valence-electron chi connectivity index (χ0n) is 17.8. The molecule has 1 aromatic heterocycles. The van der Waals surface area contributed by atoms with E-state index in [1.54, 1.807) is 42.5 Å². The van der Waals surface area contributed by atoms with Crippen LogP contribution in [0, 0.1) is 5.82 Å². The largest absolute Gasteiger partial charge is 0.503 e. The van der Waals surface area contributed by atoms with Crippen LogP contribution in [0.4, 0.5) is 10.1 Å². The average Bonchev–Trinajstić information content (AvgIpc) is 3.39. The standard InChI is InChI=1S/C26H17ClFNO5/c1-33-19-4-2-3-15-13-20(34-25(15)19)23(30)21-22(14-5-7-16(27)8-6-14)29(26(32)24(21)31)18-11-9-17(28)10-12-18/h2-13,22,31H,1H3. The number of para-hydroxylation sites is 1. The predicted molar refractivity (Wildman–Crippen MR) is 125 cm³/mol. The summed E-state index contributed by atoms with van der Waals surface area (Å²) in [6.07, 6.45) is 0. The van der Waals surface area contributed by atoms with E-state index in [0.717, 1.165) is 0 Å². The third kappa shape index (κ3) is 3.50. The fourth-order valence-corrected chi connectivity index (χ4v) is 4.23. The highest BCUT2D eigenvalue weighted by atomic mass is 35.5. The molecule has 0 saturated heterocycles. The van der Waals surface area contributed by atoms with Crippen LogP contribution in [0.5, 0.6) is 5.75 Å². The number of aliphatic hydroxyl groups is 1. The summed E-state index contributed by atoms with van der Waals surface area (Å²) < 4.78 is 24.6. The molecule has 4 aromatic rings. The molecule has 1 aliphatic rings. The maximum Gasteiger partial charge on any atom is 0.294 e. The minimum Gasteiger partial charge on any atom is -0.503 e. The van der Waals surface area contributed by atoms with E-state index in [2.05, 4.69) is 0 Å². The van der Waals surface area contributed by atoms with E-state index in [0.29, 0.717) is 33.0 Å². The molecule has 0 saturated carbocycles. The van der Waals surface area contributed by atoms with Crippen LogP contribution in [0.25, 0.3) is 11.0 Å². The number of halogens is 2. The zero-order valence-corrected chi connectivity index (χ0v) is 18.5. The third-order valence-electron chi connectivity index (χ3n) is 5.69. The number of nitrogens with zero attached hydrogens (tertiary/aromatic N) is 1. The predicted octanol–water partition coefficient (Wildman–Crippen LogP) is 6.02. The number of fused-ring (bicyclic) bond motifs is 1. The number of anilines is 1. The van der Waals surface area contributed by atoms with E-state index in [-0.39, 0.29) is 11.3 Å². The van der Waals surface area contributed by atoms with Gasteiger partial charge < -0.3 is 14.3 Å². The molecule has 5 rings (SSSR count). The number of hydrogen-bond donors (Lipinski definition) is 1. The Bertz CT molecular complexity index is 1460. The summed E-state index contributed by atoms with van der Waals surface area (Å²) in [5, 5.41) is 11.9. The monoisotopic (exact) mass is 477 g/mol. The molecule has 6 nitrogen and oxygen atoms in total. The van der Waals surface area contributed by atoms with Crippen molar-refractivity contribution in [3.63, 3.8) is 0 Å². The number of rotatable bonds is 5. The first-order chi connectivity index (χ1) is 16.4. The van der Waals surface area contributed by atoms with Gasteiger partial charge in [-0.1, -0.05) is 35.9 Å². The summed E-state index contributed by atoms with van der Waals surface area (Å²) in [5.41, 5.74) is 1.06. The highest BCUT2D eigenvalue weighted by Gasteiger charge is 2.45. The molecule has 0 aliphatic carbocycles. The maximum atomic E-state index is 13.6. The topological polar surface area (TPSA) is 80.0 Å². The number of ether oxygens (including phenoxy) is 1. The minimum atomic E-state index is -0.988. The lowest BCUT2D eigenvalue weighted by Gasteiger charge is -2.26. The lowest BCUT2D eigenvalue weighted by Crippen LogP contribution is -2.31. The molecular formula is C26H17ClFNO5. The number of methoxy groups -OCH3 is 1. The first-order valence-corrected chi connectivity index (χ1v) is 10.7. The quantitative estimate of drug-likeness (QED) is 0.356. The number of furan rings is 1. The highest BCUT2D eigenvalue weighted by molar-refractivity contribution is 6.30. The van der Waals surface area contributed by atoms with Crippen molar-refractivity contribution in [2.24, 2.45) is 0 Å². The van der Waals surface area contributed by atoms with Gasteiger partial charge in [-0.3, -0.25) is 14.5 Å². The molecule has 0 radical (unpaired) electrons. The molecule has 1 N–H and O–H groups in total. The highest BCUT2D eigenvalue weighted by Crippen LogP contribution is 2.43. The van der Waals surface area contributed by atoms with Gasteiger partial charge in [0.2, 0.25) is 5.78 Å². The Morgan fingerprint density at radius 3 is 2.47 bits per heavy atom. The van der Waals surface area contributed by atoms with Gasteiger partial charge in [0.1, 0.15) is 5.82 Å². The first-order valence-electron chi connectivity index (χ1n) is 10.3. The molecule has 0 fully saturated rings. The molecule has 34 heavy (non-hydrogen) atoms. The Labute approximate surface area is 198 Å². The van der Waals surface area contributed by atoms with Crippen LogP contribution in [0.1, 0.15) is 22.2 Å². The molecule has 1 unspecified atom stereocenters. The van der Waals surface area contributed by atoms with Gasteiger partial charge in [-0.05, 0) is 54.1 Å². The van der Waals surface area contributed by atoms with Crippen LogP contribution in [0.2, 0.25) is 5.02 Å². The van der Waals surface area contributed by atoms with Crippen LogP contribution < -0.4 is 9.64 Å². The summed E-state index contributed by atoms with van der Waals surface area (Å²) >= 11 is 6.04. The van der Waals surface area contributed by atoms with E-state index < -0.39 is 29.3 Å². The van der Waals surface area contributed by atoms with E-state index in [9.17, 15) is 19.1 Å². The van der Waals surface area contributed by atoms with E-state index in [1.165, 1.54) is 42.3 Å². The second kappa shape index (κ2) is 8.35. The van der Waals surface area contributed by atoms with E-state index in [4.69, 9.17) is 20.8 Å². The van der Waals surface area contributed by atoms with E-state index >= 15 is 0 Å². The van der Waals surface area contributed by atoms with Crippen LogP contribution in [0.3, 0.4) is 0 Å². The van der Waals surface area contributed by atoms with Crippen molar-refractivity contribution in [2.75, 3.05) is 12.0 Å². The summed E-state index contributed by atoms with van der Waals surface area (Å²) in [7, 11) is 1.49. The van der Waals surface area contributed by atoms with Crippen LogP contribution in [0.15, 0.2) is 88.5 Å². The van der Waals surface area contributed by atoms with Crippen LogP contribution in [-0.2, 0) is 4.79 Å². The molecular weight excluding hydrogens is 461 g/mol. The van der Waals surface area contributed by atoms with Crippen LogP contribution >= 0.6 is 11.6 Å². The van der Waals surface area contributed by atoms with Gasteiger partial charge in [-0.2, -0.15) is 0 Å². The van der Waals surface area contributed by atoms with Crippen molar-refractivity contribution in [1.82, 2.24) is 0 Å². The third-order valence-corrected chi connectivity index (χ3v) is 5.95. The van der Waals surface area contributed by atoms with Gasteiger partial charge in [-0.15, -0.1) is 0 Å². The van der Waals surface area contributed by atoms with Gasteiger partial charge in [0.25, 0.3) is 5.91 Å². The fraction of sp³-hybridized carbons (Fsp3) is 0.0769. The summed E-state index contributed by atoms with van der Waals surface area (Å²) in [5.74, 6) is -2.25. The number of aliphatic hydroxyl groups excluding tert-OH is 1. The van der Waals surface area contributed by atoms with Crippen molar-refractivity contribution >= 4 is 39.9 Å². The molecule has 1 amide bonds. The molecule has 1 atom stereocenters. The minimum absolute atomic E-state index is 0.0613. The van der Waals surface area contributed by atoms with Gasteiger partial charge in [-0.25, -0.2) is 4.39 Å². The van der Waals surface area contributed by atoms with Crippen molar-refractivity contribution in [3.05, 3.63) is 106 Å². The Morgan fingerprint density at radius 2 is 1.79 bits per heavy atom. The normalized spacial score (nSPS) is 15.9. The summed E-state index contributed by atoms with van der Waals surface area (Å²) in [4.78, 5) is 28.0. The number of carbonyl (C=O) groups is 2. The molecule has 170 valence electrons. The lowest BCUT2D eigenvalue weighted by molar-refractivity contribution is -0.117. The van der Waals surface area contributed by atoms with Crippen molar-refractivity contribution in [2.45, 2.75) is 6.04 Å². The number of amides is 1. The Kier molecular flexibility index (Phi) is 5.34. The number of hydrogen-bond acceptors (Lipinski definition) is 5. The molecule has 0 bridgehead atoms. The smallest absolute Gasteiger partial charge is 0.294 e. The van der Waals surface area contributed by atoms with Crippen LogP contribution in [-0.4, -0.2) is 23.9 Å². The number of benzene rings is 3. The number of Topliss-reactive ketones (excluding diaryl/α,β-unsaturated/α-hetero) is 1. The fourth-order valence-electron chi connectivity index (χ4n) is 4.11. The van der Waals surface area contributed by atoms with Gasteiger partial charge >= 0.3 is 0 Å². The second-order valence-electron chi connectivity index (χ2n) is 7.69. The van der Waals surface area contributed by atoms with E-state index in [1.807, 2.05) is 0 Å². The van der Waals surface area contributed by atoms with Crippen molar-refractivity contribution in [1.29, 1.82) is 0 Å². The number of carbonyl (C=O) groups excluding carboxylic acids is 2. The van der Waals surface area contributed by atoms with Crippen molar-refractivity contribution < 1.29 is 28.2 Å².